The molecule has 1 amide bonds. The van der Waals surface area contributed by atoms with Crippen molar-refractivity contribution < 1.29 is 14.6 Å². The molecule has 2 fully saturated rings. The third kappa shape index (κ3) is 5.37. The van der Waals surface area contributed by atoms with Crippen LogP contribution < -0.4 is 20.3 Å². The lowest BCUT2D eigenvalue weighted by atomic mass is 9.86. The smallest absolute Gasteiger partial charge is 0.405 e. The van der Waals surface area contributed by atoms with E-state index >= 15 is 0 Å². The van der Waals surface area contributed by atoms with Gasteiger partial charge in [-0.05, 0) is 44.9 Å². The number of amides is 1. The molecule has 0 aliphatic carbocycles. The molecule has 3 N–H and O–H groups in total. The highest BCUT2D eigenvalue weighted by molar-refractivity contribution is 5.85. The zero-order chi connectivity index (χ0) is 26.7. The molecule has 0 saturated carbocycles. The van der Waals surface area contributed by atoms with Crippen LogP contribution in [0.3, 0.4) is 0 Å². The number of carboxylic acid groups (broad SMARTS) is 1. The van der Waals surface area contributed by atoms with Crippen LogP contribution in [0, 0.1) is 11.3 Å². The Morgan fingerprint density at radius 1 is 1.32 bits per heavy atom. The number of nitrogens with one attached hydrogen (secondary N) is 2. The molecule has 11 heteroatoms. The van der Waals surface area contributed by atoms with Crippen molar-refractivity contribution in [2.24, 2.45) is 0 Å². The molecule has 0 spiro atoms. The van der Waals surface area contributed by atoms with Crippen LogP contribution in [0.25, 0.3) is 16.6 Å². The number of hydrogen-bond donors (Lipinski definition) is 3. The topological polar surface area (TPSA) is 131 Å². The first-order valence-corrected chi connectivity index (χ1v) is 13.1. The van der Waals surface area contributed by atoms with E-state index in [0.717, 1.165) is 42.1 Å². The van der Waals surface area contributed by atoms with Crippen LogP contribution in [0.2, 0.25) is 0 Å². The van der Waals surface area contributed by atoms with Gasteiger partial charge in [-0.2, -0.15) is 10.4 Å². The maximum atomic E-state index is 11.7. The fraction of sp³-hybridized carbons (Fsp3) is 0.481. The largest absolute Gasteiger partial charge is 0.492 e. The fourth-order valence-electron chi connectivity index (χ4n) is 5.67. The molecule has 11 nitrogen and oxygen atoms in total. The van der Waals surface area contributed by atoms with Crippen molar-refractivity contribution in [3.8, 4) is 22.9 Å². The summed E-state index contributed by atoms with van der Waals surface area (Å²) in [4.78, 5) is 21.0. The molecule has 1 atom stereocenters. The van der Waals surface area contributed by atoms with E-state index in [1.807, 2.05) is 31.3 Å². The predicted molar refractivity (Wildman–Crippen MR) is 144 cm³/mol. The summed E-state index contributed by atoms with van der Waals surface area (Å²) in [5.74, 6) is 1.52. The van der Waals surface area contributed by atoms with Gasteiger partial charge in [-0.1, -0.05) is 0 Å². The zero-order valence-electron chi connectivity index (χ0n) is 21.9. The molecular weight excluding hydrogens is 484 g/mol. The number of carbonyl (C=O) groups is 1. The van der Waals surface area contributed by atoms with E-state index in [4.69, 9.17) is 9.72 Å². The van der Waals surface area contributed by atoms with Crippen molar-refractivity contribution in [1.29, 1.82) is 5.26 Å². The van der Waals surface area contributed by atoms with Gasteiger partial charge in [0.05, 0.1) is 35.6 Å². The van der Waals surface area contributed by atoms with Crippen molar-refractivity contribution in [3.05, 3.63) is 42.4 Å². The van der Waals surface area contributed by atoms with Gasteiger partial charge < -0.3 is 25.4 Å². The Morgan fingerprint density at radius 2 is 2.13 bits per heavy atom. The van der Waals surface area contributed by atoms with Crippen LogP contribution >= 0.6 is 0 Å². The lowest BCUT2D eigenvalue weighted by Gasteiger charge is -2.46. The minimum absolute atomic E-state index is 0.399. The maximum Gasteiger partial charge on any atom is 0.405 e. The third-order valence-electron chi connectivity index (χ3n) is 7.47. The Morgan fingerprint density at radius 3 is 2.79 bits per heavy atom. The number of anilines is 1. The van der Waals surface area contributed by atoms with Crippen molar-refractivity contribution in [2.75, 3.05) is 50.8 Å². The Hall–Kier alpha value is -3.88. The lowest BCUT2D eigenvalue weighted by molar-refractivity contribution is 0.116. The van der Waals surface area contributed by atoms with Gasteiger partial charge in [0, 0.05) is 62.6 Å². The third-order valence-corrected chi connectivity index (χ3v) is 7.47. The highest BCUT2D eigenvalue weighted by Gasteiger charge is 2.38. The molecule has 5 heterocycles. The lowest BCUT2D eigenvalue weighted by Crippen LogP contribution is -2.63. The summed E-state index contributed by atoms with van der Waals surface area (Å²) >= 11 is 0. The molecule has 2 aliphatic rings. The monoisotopic (exact) mass is 518 g/mol. The van der Waals surface area contributed by atoms with E-state index in [0.29, 0.717) is 56.4 Å². The summed E-state index contributed by atoms with van der Waals surface area (Å²) in [7, 11) is 0. The van der Waals surface area contributed by atoms with E-state index in [1.165, 1.54) is 0 Å². The van der Waals surface area contributed by atoms with Crippen LogP contribution in [0.15, 0.2) is 36.8 Å². The minimum atomic E-state index is -0.971. The number of ether oxygens (including phenoxy) is 1. The second kappa shape index (κ2) is 10.8. The molecule has 38 heavy (non-hydrogen) atoms. The summed E-state index contributed by atoms with van der Waals surface area (Å²) < 4.78 is 7.39. The summed E-state index contributed by atoms with van der Waals surface area (Å²) in [5.41, 5.74) is 2.43. The van der Waals surface area contributed by atoms with Gasteiger partial charge in [0.2, 0.25) is 0 Å². The molecule has 0 bridgehead atoms. The first-order valence-electron chi connectivity index (χ1n) is 13.1. The predicted octanol–water partition coefficient (Wildman–Crippen LogP) is 2.57. The second-order valence-electron chi connectivity index (χ2n) is 10.2. The van der Waals surface area contributed by atoms with Crippen molar-refractivity contribution in [2.45, 2.75) is 38.3 Å². The van der Waals surface area contributed by atoms with Gasteiger partial charge in [0.1, 0.15) is 17.6 Å². The van der Waals surface area contributed by atoms with Gasteiger partial charge in [0.25, 0.3) is 0 Å². The molecule has 3 aromatic rings. The van der Waals surface area contributed by atoms with Crippen molar-refractivity contribution >= 4 is 17.4 Å². The quantitative estimate of drug-likeness (QED) is 0.432. The number of hydrogen-bond acceptors (Lipinski definition) is 8. The summed E-state index contributed by atoms with van der Waals surface area (Å²) in [6.07, 6.45) is 5.59. The normalized spacial score (nSPS) is 19.7. The van der Waals surface area contributed by atoms with Gasteiger partial charge in [-0.3, -0.25) is 4.90 Å². The molecule has 2 saturated heterocycles. The molecule has 3 aromatic heterocycles. The molecule has 0 radical (unpaired) electrons. The minimum Gasteiger partial charge on any atom is -0.492 e. The molecule has 200 valence electrons. The molecule has 0 aromatic carbocycles. The summed E-state index contributed by atoms with van der Waals surface area (Å²) in [6, 6.07) is 8.52. The Kier molecular flexibility index (Phi) is 7.35. The van der Waals surface area contributed by atoms with Crippen molar-refractivity contribution in [1.82, 2.24) is 30.1 Å². The van der Waals surface area contributed by atoms with Crippen LogP contribution in [0.1, 0.15) is 32.3 Å². The molecular formula is C27H34N8O3. The van der Waals surface area contributed by atoms with Gasteiger partial charge in [-0.25, -0.2) is 14.3 Å². The first-order chi connectivity index (χ1) is 18.4. The summed E-state index contributed by atoms with van der Waals surface area (Å²) in [6.45, 7) is 9.49. The maximum absolute atomic E-state index is 11.7. The highest BCUT2D eigenvalue weighted by atomic mass is 16.5. The van der Waals surface area contributed by atoms with Crippen LogP contribution in [-0.2, 0) is 0 Å². The van der Waals surface area contributed by atoms with Gasteiger partial charge in [0.15, 0.2) is 0 Å². The average Bonchev–Trinajstić information content (AvgIpc) is 3.32. The van der Waals surface area contributed by atoms with Crippen LogP contribution in [-0.4, -0.2) is 88.2 Å². The van der Waals surface area contributed by atoms with E-state index in [1.54, 1.807) is 16.9 Å². The number of aromatic nitrogens is 3. The SMILES string of the molecule is CCOc1cc(-c2ccc(N3CCC(CN4CCNC(C)C4)(NC(=O)O)CC3)nc2)c2c(C#N)cnn2c1. The molecule has 2 aliphatic heterocycles. The number of piperidine rings is 1. The zero-order valence-corrected chi connectivity index (χ0v) is 21.9. The number of piperazine rings is 1. The number of nitrogens with zero attached hydrogens (tertiary/aromatic N) is 6. The number of pyridine rings is 2. The molecule has 1 unspecified atom stereocenters. The molecule has 5 rings (SSSR count). The second-order valence-corrected chi connectivity index (χ2v) is 10.2. The van der Waals surface area contributed by atoms with E-state index < -0.39 is 11.6 Å². The van der Waals surface area contributed by atoms with Crippen LogP contribution in [0.5, 0.6) is 5.75 Å². The average molecular weight is 519 g/mol. The van der Waals surface area contributed by atoms with E-state index in [-0.39, 0.29) is 0 Å². The fourth-order valence-corrected chi connectivity index (χ4v) is 5.67. The highest BCUT2D eigenvalue weighted by Crippen LogP contribution is 2.32. The number of rotatable bonds is 7. The van der Waals surface area contributed by atoms with Crippen molar-refractivity contribution in [3.63, 3.8) is 0 Å². The Labute approximate surface area is 222 Å². The van der Waals surface area contributed by atoms with E-state index in [2.05, 4.69) is 38.5 Å². The Bertz CT molecular complexity index is 1320. The first kappa shape index (κ1) is 25.8. The van der Waals surface area contributed by atoms with Gasteiger partial charge in [-0.15, -0.1) is 0 Å². The van der Waals surface area contributed by atoms with E-state index in [9.17, 15) is 15.2 Å². The number of fused-ring (bicyclic) bond motifs is 1. The Balaban J connectivity index is 1.34. The number of nitriles is 1. The standard InChI is InChI=1S/C27H34N8O3/c1-3-38-22-12-23(25-21(13-28)15-31-35(25)17-22)20-4-5-24(30-14-20)34-9-6-27(7-10-34,32-26(36)37)18-33-11-8-29-19(2)16-33/h4-5,12,14-15,17,19,29,32H,3,6-11,16,18H2,1-2H3,(H,36,37). The van der Waals surface area contributed by atoms with Crippen LogP contribution in [0.4, 0.5) is 10.6 Å². The van der Waals surface area contributed by atoms with Gasteiger partial charge >= 0.3 is 6.09 Å². The summed E-state index contributed by atoms with van der Waals surface area (Å²) in [5, 5.41) is 29.8.